The fourth-order valence-electron chi connectivity index (χ4n) is 3.39. The average Bonchev–Trinajstić information content (AvgIpc) is 3.17. The van der Waals surface area contributed by atoms with E-state index in [-0.39, 0.29) is 11.9 Å². The molecule has 1 fully saturated rings. The molecule has 1 unspecified atom stereocenters. The van der Waals surface area contributed by atoms with Gasteiger partial charge in [0, 0.05) is 22.9 Å². The number of likely N-dealkylation sites (tertiary alicyclic amines) is 1. The molecular formula is C18H21Cl2N2OS+. The summed E-state index contributed by atoms with van der Waals surface area (Å²) in [5.74, 6) is 0.0620. The minimum Gasteiger partial charge on any atom is -0.345 e. The highest BCUT2D eigenvalue weighted by molar-refractivity contribution is 7.10. The third-order valence-electron chi connectivity index (χ3n) is 4.56. The van der Waals surface area contributed by atoms with Crippen molar-refractivity contribution in [2.75, 3.05) is 13.1 Å². The number of hydrogen-bond acceptors (Lipinski definition) is 2. The highest BCUT2D eigenvalue weighted by Crippen LogP contribution is 2.26. The molecule has 3 rings (SSSR count). The van der Waals surface area contributed by atoms with Gasteiger partial charge in [0.2, 0.25) is 0 Å². The number of thiophene rings is 1. The molecule has 1 saturated heterocycles. The van der Waals surface area contributed by atoms with Gasteiger partial charge in [-0.2, -0.15) is 0 Å². The Bertz CT molecular complexity index is 705. The van der Waals surface area contributed by atoms with Crippen LogP contribution < -0.4 is 10.2 Å². The van der Waals surface area contributed by atoms with Gasteiger partial charge in [-0.1, -0.05) is 35.3 Å². The number of halogens is 2. The van der Waals surface area contributed by atoms with Crippen LogP contribution in [0.2, 0.25) is 10.0 Å². The van der Waals surface area contributed by atoms with Crippen LogP contribution in [0.1, 0.15) is 42.3 Å². The van der Waals surface area contributed by atoms with Gasteiger partial charge in [0.15, 0.2) is 6.54 Å². The van der Waals surface area contributed by atoms with Crippen LogP contribution in [-0.2, 0) is 4.79 Å². The summed E-state index contributed by atoms with van der Waals surface area (Å²) in [6.45, 7) is 3.49. The van der Waals surface area contributed by atoms with Crippen molar-refractivity contribution in [3.8, 4) is 0 Å². The number of carbonyl (C=O) groups excluding carboxylic acids is 1. The van der Waals surface area contributed by atoms with Gasteiger partial charge in [-0.25, -0.2) is 0 Å². The standard InChI is InChI=1S/C18H20Cl2N2OS/c1-12(14-7-6-13(19)10-15(14)20)21-18(23)11-22-8-2-4-16(22)17-5-3-9-24-17/h3,5-7,9-10,12,16H,2,4,8,11H2,1H3,(H,21,23)/p+1/t12-,16-/m1/s1. The molecule has 6 heteroatoms. The van der Waals surface area contributed by atoms with Crippen LogP contribution in [0.25, 0.3) is 0 Å². The first-order valence-electron chi connectivity index (χ1n) is 8.17. The zero-order chi connectivity index (χ0) is 17.1. The summed E-state index contributed by atoms with van der Waals surface area (Å²) in [6.07, 6.45) is 2.32. The number of rotatable bonds is 5. The SMILES string of the molecule is C[C@@H](NC(=O)C[NH+]1CCC[C@@H]1c1cccs1)c1ccc(Cl)cc1Cl. The minimum absolute atomic E-state index is 0.0620. The molecule has 1 aromatic carbocycles. The number of benzene rings is 1. The second-order valence-corrected chi connectivity index (χ2v) is 8.07. The molecule has 2 heterocycles. The van der Waals surface area contributed by atoms with Crippen molar-refractivity contribution < 1.29 is 9.69 Å². The van der Waals surface area contributed by atoms with Crippen molar-refractivity contribution in [2.24, 2.45) is 0 Å². The lowest BCUT2D eigenvalue weighted by molar-refractivity contribution is -0.910. The van der Waals surface area contributed by atoms with E-state index in [4.69, 9.17) is 23.2 Å². The number of hydrogen-bond donors (Lipinski definition) is 2. The molecule has 0 aliphatic carbocycles. The average molecular weight is 384 g/mol. The van der Waals surface area contributed by atoms with E-state index in [0.717, 1.165) is 18.5 Å². The molecule has 3 atom stereocenters. The van der Waals surface area contributed by atoms with Gasteiger partial charge in [0.25, 0.3) is 5.91 Å². The molecule has 3 nitrogen and oxygen atoms in total. The summed E-state index contributed by atoms with van der Waals surface area (Å²) in [5.41, 5.74) is 0.889. The smallest absolute Gasteiger partial charge is 0.275 e. The monoisotopic (exact) mass is 383 g/mol. The normalized spacial score (nSPS) is 21.6. The van der Waals surface area contributed by atoms with E-state index in [2.05, 4.69) is 22.8 Å². The highest BCUT2D eigenvalue weighted by atomic mass is 35.5. The van der Waals surface area contributed by atoms with Crippen molar-refractivity contribution in [1.29, 1.82) is 0 Å². The van der Waals surface area contributed by atoms with E-state index in [1.54, 1.807) is 23.5 Å². The highest BCUT2D eigenvalue weighted by Gasteiger charge is 2.32. The number of quaternary nitrogens is 1. The molecule has 1 aliphatic heterocycles. The number of carbonyl (C=O) groups is 1. The fourth-order valence-corrected chi connectivity index (χ4v) is 4.88. The maximum absolute atomic E-state index is 12.5. The Labute approximate surface area is 156 Å². The Morgan fingerprint density at radius 2 is 2.25 bits per heavy atom. The molecule has 2 aromatic rings. The summed E-state index contributed by atoms with van der Waals surface area (Å²) in [5, 5.41) is 6.36. The van der Waals surface area contributed by atoms with Gasteiger partial charge >= 0.3 is 0 Å². The first kappa shape index (κ1) is 17.7. The predicted molar refractivity (Wildman–Crippen MR) is 100 cm³/mol. The van der Waals surface area contributed by atoms with Crippen LogP contribution in [-0.4, -0.2) is 19.0 Å². The maximum atomic E-state index is 12.5. The van der Waals surface area contributed by atoms with Gasteiger partial charge in [0.05, 0.1) is 17.5 Å². The predicted octanol–water partition coefficient (Wildman–Crippen LogP) is 3.65. The minimum atomic E-state index is -0.135. The number of nitrogens with one attached hydrogen (secondary N) is 2. The zero-order valence-corrected chi connectivity index (χ0v) is 15.8. The van der Waals surface area contributed by atoms with Gasteiger partial charge in [-0.05, 0) is 36.1 Å². The van der Waals surface area contributed by atoms with Gasteiger partial charge < -0.3 is 10.2 Å². The first-order chi connectivity index (χ1) is 11.5. The van der Waals surface area contributed by atoms with Gasteiger partial charge in [-0.15, -0.1) is 11.3 Å². The molecule has 0 spiro atoms. The van der Waals surface area contributed by atoms with E-state index in [9.17, 15) is 4.79 Å². The molecule has 0 radical (unpaired) electrons. The second-order valence-electron chi connectivity index (χ2n) is 6.25. The summed E-state index contributed by atoms with van der Waals surface area (Å²) in [7, 11) is 0. The van der Waals surface area contributed by atoms with E-state index in [1.165, 1.54) is 16.2 Å². The van der Waals surface area contributed by atoms with Crippen molar-refractivity contribution in [3.05, 3.63) is 56.2 Å². The van der Waals surface area contributed by atoms with Crippen molar-refractivity contribution in [1.82, 2.24) is 5.32 Å². The van der Waals surface area contributed by atoms with Crippen LogP contribution in [0, 0.1) is 0 Å². The second kappa shape index (κ2) is 7.87. The van der Waals surface area contributed by atoms with E-state index >= 15 is 0 Å². The molecule has 1 amide bonds. The molecule has 0 bridgehead atoms. The molecule has 0 saturated carbocycles. The van der Waals surface area contributed by atoms with E-state index in [0.29, 0.717) is 22.6 Å². The third-order valence-corrected chi connectivity index (χ3v) is 6.11. The molecule has 128 valence electrons. The van der Waals surface area contributed by atoms with Gasteiger partial charge in [0.1, 0.15) is 6.04 Å². The lowest BCUT2D eigenvalue weighted by Gasteiger charge is -2.22. The Balaban J connectivity index is 1.60. The Kier molecular flexibility index (Phi) is 5.82. The Morgan fingerprint density at radius 3 is 2.96 bits per heavy atom. The quantitative estimate of drug-likeness (QED) is 0.811. The summed E-state index contributed by atoms with van der Waals surface area (Å²) in [6, 6.07) is 9.95. The van der Waals surface area contributed by atoms with Crippen LogP contribution in [0.3, 0.4) is 0 Å². The summed E-state index contributed by atoms with van der Waals surface area (Å²) >= 11 is 13.9. The lowest BCUT2D eigenvalue weighted by atomic mass is 10.1. The summed E-state index contributed by atoms with van der Waals surface area (Å²) in [4.78, 5) is 15.2. The van der Waals surface area contributed by atoms with Crippen LogP contribution in [0.4, 0.5) is 0 Å². The molecule has 1 aliphatic rings. The van der Waals surface area contributed by atoms with Crippen LogP contribution in [0.5, 0.6) is 0 Å². The van der Waals surface area contributed by atoms with Crippen molar-refractivity contribution in [2.45, 2.75) is 31.8 Å². The fraction of sp³-hybridized carbons (Fsp3) is 0.389. The molecule has 24 heavy (non-hydrogen) atoms. The first-order valence-corrected chi connectivity index (χ1v) is 9.80. The van der Waals surface area contributed by atoms with Crippen LogP contribution >= 0.6 is 34.5 Å². The van der Waals surface area contributed by atoms with Crippen LogP contribution in [0.15, 0.2) is 35.7 Å². The molecular weight excluding hydrogens is 363 g/mol. The Morgan fingerprint density at radius 1 is 1.42 bits per heavy atom. The Hall–Kier alpha value is -1.07. The lowest BCUT2D eigenvalue weighted by Crippen LogP contribution is -3.11. The molecule has 2 N–H and O–H groups in total. The van der Waals surface area contributed by atoms with E-state index in [1.807, 2.05) is 13.0 Å². The third kappa shape index (κ3) is 4.12. The van der Waals surface area contributed by atoms with Crippen molar-refractivity contribution >= 4 is 40.4 Å². The number of amides is 1. The van der Waals surface area contributed by atoms with Gasteiger partial charge in [-0.3, -0.25) is 4.79 Å². The van der Waals surface area contributed by atoms with Crippen molar-refractivity contribution in [3.63, 3.8) is 0 Å². The maximum Gasteiger partial charge on any atom is 0.275 e. The largest absolute Gasteiger partial charge is 0.345 e. The topological polar surface area (TPSA) is 33.5 Å². The van der Waals surface area contributed by atoms with E-state index < -0.39 is 0 Å². The molecule has 1 aromatic heterocycles. The zero-order valence-electron chi connectivity index (χ0n) is 13.5. The summed E-state index contributed by atoms with van der Waals surface area (Å²) < 4.78 is 0.